The van der Waals surface area contributed by atoms with Crippen LogP contribution in [-0.4, -0.2) is 41.8 Å². The van der Waals surface area contributed by atoms with Crippen LogP contribution in [0.15, 0.2) is 48.5 Å². The summed E-state index contributed by atoms with van der Waals surface area (Å²) in [7, 11) is 0. The van der Waals surface area contributed by atoms with E-state index in [1.165, 1.54) is 0 Å². The van der Waals surface area contributed by atoms with Gasteiger partial charge in [-0.05, 0) is 34.6 Å². The summed E-state index contributed by atoms with van der Waals surface area (Å²) in [6.45, 7) is 5.74. The maximum absolute atomic E-state index is 12.8. The Kier molecular flexibility index (Phi) is 8.09. The van der Waals surface area contributed by atoms with Gasteiger partial charge < -0.3 is 20.5 Å². The molecule has 2 aromatic carbocycles. The standard InChI is InChI=1S/C26H32N2O5/c1-4-10-22(25(30)31)27-24(29)23(16(3)5-2)28-26(32)33-15-21-19-13-8-6-11-17(19)18-12-7-9-14-20(18)21/h6-9,11-14,16,21-23H,4-5,10,15H2,1-3H3,(H,27,29)(H,28,32)(H,30,31)/t16?,22-,23+/m1/s1. The van der Waals surface area contributed by atoms with E-state index in [0.29, 0.717) is 19.3 Å². The topological polar surface area (TPSA) is 105 Å². The van der Waals surface area contributed by atoms with Crippen molar-refractivity contribution < 1.29 is 24.2 Å². The van der Waals surface area contributed by atoms with Crippen molar-refractivity contribution in [3.8, 4) is 11.1 Å². The number of hydrogen-bond donors (Lipinski definition) is 3. The van der Waals surface area contributed by atoms with Gasteiger partial charge in [0.2, 0.25) is 5.91 Å². The average molecular weight is 453 g/mol. The van der Waals surface area contributed by atoms with Crippen molar-refractivity contribution in [1.82, 2.24) is 10.6 Å². The highest BCUT2D eigenvalue weighted by molar-refractivity contribution is 5.89. The van der Waals surface area contributed by atoms with E-state index in [2.05, 4.69) is 22.8 Å². The Balaban J connectivity index is 1.68. The van der Waals surface area contributed by atoms with E-state index < -0.39 is 30.1 Å². The fourth-order valence-corrected chi connectivity index (χ4v) is 4.28. The second-order valence-electron chi connectivity index (χ2n) is 8.52. The van der Waals surface area contributed by atoms with Gasteiger partial charge in [-0.1, -0.05) is 82.1 Å². The third-order valence-corrected chi connectivity index (χ3v) is 6.30. The first-order valence-electron chi connectivity index (χ1n) is 11.5. The van der Waals surface area contributed by atoms with Gasteiger partial charge in [-0.3, -0.25) is 4.79 Å². The van der Waals surface area contributed by atoms with Crippen LogP contribution in [0.4, 0.5) is 4.79 Å². The second-order valence-corrected chi connectivity index (χ2v) is 8.52. The van der Waals surface area contributed by atoms with E-state index >= 15 is 0 Å². The Morgan fingerprint density at radius 1 is 0.970 bits per heavy atom. The van der Waals surface area contributed by atoms with E-state index in [9.17, 15) is 19.5 Å². The van der Waals surface area contributed by atoms with E-state index in [4.69, 9.17) is 4.74 Å². The molecule has 1 aliphatic carbocycles. The Bertz CT molecular complexity index is 960. The number of carbonyl (C=O) groups excluding carboxylic acids is 2. The molecule has 2 amide bonds. The summed E-state index contributed by atoms with van der Waals surface area (Å²) in [5.41, 5.74) is 4.47. The summed E-state index contributed by atoms with van der Waals surface area (Å²) in [6, 6.07) is 14.2. The highest BCUT2D eigenvalue weighted by atomic mass is 16.5. The van der Waals surface area contributed by atoms with Gasteiger partial charge in [0.1, 0.15) is 18.7 Å². The van der Waals surface area contributed by atoms with Crippen molar-refractivity contribution in [1.29, 1.82) is 0 Å². The lowest BCUT2D eigenvalue weighted by Crippen LogP contribution is -2.54. The molecule has 33 heavy (non-hydrogen) atoms. The third-order valence-electron chi connectivity index (χ3n) is 6.30. The van der Waals surface area contributed by atoms with E-state index in [1.54, 1.807) is 0 Å². The maximum Gasteiger partial charge on any atom is 0.407 e. The van der Waals surface area contributed by atoms with Crippen molar-refractivity contribution in [2.75, 3.05) is 6.61 Å². The minimum absolute atomic E-state index is 0.0834. The third kappa shape index (κ3) is 5.53. The second kappa shape index (κ2) is 11.0. The molecule has 176 valence electrons. The van der Waals surface area contributed by atoms with Crippen LogP contribution < -0.4 is 10.6 Å². The summed E-state index contributed by atoms with van der Waals surface area (Å²) in [4.78, 5) is 36.9. The molecule has 7 heteroatoms. The maximum atomic E-state index is 12.8. The van der Waals surface area contributed by atoms with E-state index in [1.807, 2.05) is 57.2 Å². The number of aliphatic carboxylic acids is 1. The zero-order valence-electron chi connectivity index (χ0n) is 19.3. The number of carboxylic acids is 1. The van der Waals surface area contributed by atoms with Gasteiger partial charge in [0, 0.05) is 5.92 Å². The highest BCUT2D eigenvalue weighted by Gasteiger charge is 2.32. The number of amides is 2. The monoisotopic (exact) mass is 452 g/mol. The largest absolute Gasteiger partial charge is 0.480 e. The molecule has 3 atom stereocenters. The fourth-order valence-electron chi connectivity index (χ4n) is 4.28. The number of rotatable bonds is 10. The summed E-state index contributed by atoms with van der Waals surface area (Å²) in [5.74, 6) is -1.88. The van der Waals surface area contributed by atoms with Gasteiger partial charge in [-0.15, -0.1) is 0 Å². The predicted molar refractivity (Wildman–Crippen MR) is 126 cm³/mol. The quantitative estimate of drug-likeness (QED) is 0.498. The molecular weight excluding hydrogens is 420 g/mol. The predicted octanol–water partition coefficient (Wildman–Crippen LogP) is 4.31. The molecule has 0 fully saturated rings. The molecule has 3 N–H and O–H groups in total. The molecule has 0 saturated carbocycles. The normalized spacial score (nSPS) is 15.0. The van der Waals surface area contributed by atoms with Crippen LogP contribution in [0, 0.1) is 5.92 Å². The Morgan fingerprint density at radius 3 is 2.06 bits per heavy atom. The number of alkyl carbamates (subject to hydrolysis) is 1. The summed E-state index contributed by atoms with van der Waals surface area (Å²) in [6.07, 6.45) is 0.872. The zero-order chi connectivity index (χ0) is 24.0. The van der Waals surface area contributed by atoms with Crippen LogP contribution >= 0.6 is 0 Å². The Hall–Kier alpha value is -3.35. The molecular formula is C26H32N2O5. The van der Waals surface area contributed by atoms with Crippen molar-refractivity contribution in [3.63, 3.8) is 0 Å². The Labute approximate surface area is 194 Å². The van der Waals surface area contributed by atoms with Crippen LogP contribution in [0.2, 0.25) is 0 Å². The number of hydrogen-bond acceptors (Lipinski definition) is 4. The van der Waals surface area contributed by atoms with Crippen molar-refractivity contribution >= 4 is 18.0 Å². The molecule has 2 aromatic rings. The minimum atomic E-state index is -1.09. The average Bonchev–Trinajstić information content (AvgIpc) is 3.14. The zero-order valence-corrected chi connectivity index (χ0v) is 19.3. The van der Waals surface area contributed by atoms with Gasteiger partial charge >= 0.3 is 12.1 Å². The molecule has 0 aliphatic heterocycles. The summed E-state index contributed by atoms with van der Waals surface area (Å²) >= 11 is 0. The van der Waals surface area contributed by atoms with Crippen LogP contribution in [0.25, 0.3) is 11.1 Å². The molecule has 1 unspecified atom stereocenters. The van der Waals surface area contributed by atoms with E-state index in [0.717, 1.165) is 22.3 Å². The molecule has 3 rings (SSSR count). The van der Waals surface area contributed by atoms with Crippen LogP contribution in [0.5, 0.6) is 0 Å². The highest BCUT2D eigenvalue weighted by Crippen LogP contribution is 2.44. The number of carboxylic acid groups (broad SMARTS) is 1. The molecule has 1 aliphatic rings. The molecule has 0 bridgehead atoms. The molecule has 0 aromatic heterocycles. The van der Waals surface area contributed by atoms with Crippen molar-refractivity contribution in [3.05, 3.63) is 59.7 Å². The Morgan fingerprint density at radius 2 is 1.55 bits per heavy atom. The lowest BCUT2D eigenvalue weighted by molar-refractivity contribution is -0.142. The van der Waals surface area contributed by atoms with Gasteiger partial charge in [-0.2, -0.15) is 0 Å². The van der Waals surface area contributed by atoms with Crippen LogP contribution in [0.1, 0.15) is 57.1 Å². The SMILES string of the molecule is CCC[C@@H](NC(=O)[C@@H](NC(=O)OCC1c2ccccc2-c2ccccc21)C(C)CC)C(=O)O. The first kappa shape index (κ1) is 24.3. The number of fused-ring (bicyclic) bond motifs is 3. The van der Waals surface area contributed by atoms with Gasteiger partial charge in [0.25, 0.3) is 0 Å². The molecule has 0 heterocycles. The first-order valence-corrected chi connectivity index (χ1v) is 11.5. The smallest absolute Gasteiger partial charge is 0.407 e. The number of nitrogens with one attached hydrogen (secondary N) is 2. The molecule has 0 saturated heterocycles. The number of ether oxygens (including phenoxy) is 1. The van der Waals surface area contributed by atoms with Crippen molar-refractivity contribution in [2.24, 2.45) is 5.92 Å². The van der Waals surface area contributed by atoms with Gasteiger partial charge in [0.15, 0.2) is 0 Å². The van der Waals surface area contributed by atoms with E-state index in [-0.39, 0.29) is 18.4 Å². The lowest BCUT2D eigenvalue weighted by atomic mass is 9.97. The van der Waals surface area contributed by atoms with Crippen LogP contribution in [0.3, 0.4) is 0 Å². The fraction of sp³-hybridized carbons (Fsp3) is 0.423. The van der Waals surface area contributed by atoms with Crippen LogP contribution in [-0.2, 0) is 14.3 Å². The van der Waals surface area contributed by atoms with Crippen molar-refractivity contribution in [2.45, 2.75) is 58.0 Å². The molecule has 0 radical (unpaired) electrons. The summed E-state index contributed by atoms with van der Waals surface area (Å²) < 4.78 is 5.57. The first-order chi connectivity index (χ1) is 15.9. The lowest BCUT2D eigenvalue weighted by Gasteiger charge is -2.25. The number of benzene rings is 2. The van der Waals surface area contributed by atoms with Gasteiger partial charge in [0.05, 0.1) is 0 Å². The summed E-state index contributed by atoms with van der Waals surface area (Å²) in [5, 5.41) is 14.6. The molecule has 7 nitrogen and oxygen atoms in total. The number of carbonyl (C=O) groups is 3. The van der Waals surface area contributed by atoms with Gasteiger partial charge in [-0.25, -0.2) is 9.59 Å². The molecule has 0 spiro atoms. The minimum Gasteiger partial charge on any atom is -0.480 e.